The van der Waals surface area contributed by atoms with Crippen LogP contribution in [0.25, 0.3) is 0 Å². The third kappa shape index (κ3) is 9.04. The van der Waals surface area contributed by atoms with E-state index in [1.165, 1.54) is 0 Å². The maximum Gasteiger partial charge on any atom is 0.234 e. The Kier molecular flexibility index (Phi) is 12.6. The Bertz CT molecular complexity index is 601. The molecule has 0 bridgehead atoms. The highest BCUT2D eigenvalue weighted by molar-refractivity contribution is 14.0. The standard InChI is InChI=1S/C19H34N6OS.HI/c1-4-9-21-17(26)13-25-10-7-15(8-11-25)24-19(20-6-3)22-12-16-14-27-18(5-2)23-16;/h14-15H,4-13H2,1-3H3,(H,21,26)(H2,20,22,24);1H. The lowest BCUT2D eigenvalue weighted by molar-refractivity contribution is -0.122. The number of carbonyl (C=O) groups excluding carboxylic acids is 1. The molecule has 0 unspecified atom stereocenters. The smallest absolute Gasteiger partial charge is 0.234 e. The number of thiazole rings is 1. The van der Waals surface area contributed by atoms with E-state index in [0.29, 0.717) is 19.1 Å². The van der Waals surface area contributed by atoms with Crippen LogP contribution in [0.2, 0.25) is 0 Å². The van der Waals surface area contributed by atoms with Gasteiger partial charge in [0.15, 0.2) is 5.96 Å². The summed E-state index contributed by atoms with van der Waals surface area (Å²) in [5.41, 5.74) is 1.03. The molecule has 1 aliphatic rings. The minimum atomic E-state index is 0. The molecule has 2 rings (SSSR count). The predicted octanol–water partition coefficient (Wildman–Crippen LogP) is 2.37. The highest BCUT2D eigenvalue weighted by Gasteiger charge is 2.21. The number of nitrogens with zero attached hydrogens (tertiary/aromatic N) is 3. The molecule has 3 N–H and O–H groups in total. The molecule has 0 aromatic carbocycles. The number of amides is 1. The van der Waals surface area contributed by atoms with Crippen molar-refractivity contribution >= 4 is 47.2 Å². The molecule has 1 fully saturated rings. The van der Waals surface area contributed by atoms with Crippen molar-refractivity contribution in [3.05, 3.63) is 16.1 Å². The normalized spacial score (nSPS) is 15.8. The molecule has 9 heteroatoms. The molecular formula is C19H35IN6OS. The van der Waals surface area contributed by atoms with Crippen molar-refractivity contribution in [1.82, 2.24) is 25.8 Å². The van der Waals surface area contributed by atoms with Crippen LogP contribution in [-0.4, -0.2) is 60.5 Å². The minimum absolute atomic E-state index is 0. The second-order valence-electron chi connectivity index (χ2n) is 6.83. The van der Waals surface area contributed by atoms with Gasteiger partial charge in [-0.3, -0.25) is 9.69 Å². The van der Waals surface area contributed by atoms with Gasteiger partial charge in [-0.15, -0.1) is 35.3 Å². The largest absolute Gasteiger partial charge is 0.357 e. The molecule has 0 atom stereocenters. The maximum absolute atomic E-state index is 11.9. The van der Waals surface area contributed by atoms with E-state index < -0.39 is 0 Å². The van der Waals surface area contributed by atoms with Gasteiger partial charge >= 0.3 is 0 Å². The summed E-state index contributed by atoms with van der Waals surface area (Å²) in [6, 6.07) is 0.388. The Labute approximate surface area is 190 Å². The van der Waals surface area contributed by atoms with Gasteiger partial charge in [0.25, 0.3) is 0 Å². The van der Waals surface area contributed by atoms with Crippen LogP contribution >= 0.6 is 35.3 Å². The Balaban J connectivity index is 0.00000392. The van der Waals surface area contributed by atoms with E-state index in [0.717, 1.165) is 68.5 Å². The summed E-state index contributed by atoms with van der Waals surface area (Å²) in [7, 11) is 0. The van der Waals surface area contributed by atoms with Gasteiger partial charge in [-0.1, -0.05) is 13.8 Å². The summed E-state index contributed by atoms with van der Waals surface area (Å²) in [6.45, 7) is 10.8. The molecule has 160 valence electrons. The van der Waals surface area contributed by atoms with Crippen molar-refractivity contribution in [2.24, 2.45) is 4.99 Å². The van der Waals surface area contributed by atoms with Gasteiger partial charge in [0.2, 0.25) is 5.91 Å². The first kappa shape index (κ1) is 25.1. The Morgan fingerprint density at radius 3 is 2.64 bits per heavy atom. The molecule has 0 aliphatic carbocycles. The van der Waals surface area contributed by atoms with Gasteiger partial charge in [0.1, 0.15) is 0 Å². The monoisotopic (exact) mass is 522 g/mol. The highest BCUT2D eigenvalue weighted by atomic mass is 127. The van der Waals surface area contributed by atoms with Crippen LogP contribution in [0.3, 0.4) is 0 Å². The molecule has 0 spiro atoms. The number of likely N-dealkylation sites (tertiary alicyclic amines) is 1. The lowest BCUT2D eigenvalue weighted by Gasteiger charge is -2.32. The van der Waals surface area contributed by atoms with Crippen LogP contribution in [0.15, 0.2) is 10.4 Å². The molecule has 0 saturated carbocycles. The number of hydrogen-bond donors (Lipinski definition) is 3. The molecule has 7 nitrogen and oxygen atoms in total. The number of aliphatic imine (C=N–C) groups is 1. The van der Waals surface area contributed by atoms with Gasteiger partial charge in [-0.2, -0.15) is 0 Å². The third-order valence-corrected chi connectivity index (χ3v) is 5.55. The van der Waals surface area contributed by atoms with Crippen molar-refractivity contribution in [3.8, 4) is 0 Å². The molecule has 1 amide bonds. The van der Waals surface area contributed by atoms with Gasteiger partial charge < -0.3 is 16.0 Å². The first-order valence-electron chi connectivity index (χ1n) is 10.1. The first-order chi connectivity index (χ1) is 13.1. The highest BCUT2D eigenvalue weighted by Crippen LogP contribution is 2.12. The second-order valence-corrected chi connectivity index (χ2v) is 7.77. The molecule has 28 heavy (non-hydrogen) atoms. The number of halogens is 1. The number of nitrogens with one attached hydrogen (secondary N) is 3. The molecular weight excluding hydrogens is 487 g/mol. The van der Waals surface area contributed by atoms with E-state index in [-0.39, 0.29) is 29.9 Å². The SMILES string of the molecule is CCCNC(=O)CN1CCC(NC(=NCc2csc(CC)n2)NCC)CC1.I. The Morgan fingerprint density at radius 1 is 1.29 bits per heavy atom. The van der Waals surface area contributed by atoms with E-state index >= 15 is 0 Å². The van der Waals surface area contributed by atoms with Crippen LogP contribution in [0.1, 0.15) is 50.7 Å². The second kappa shape index (κ2) is 14.1. The van der Waals surface area contributed by atoms with E-state index in [2.05, 4.69) is 57.0 Å². The molecule has 1 aromatic rings. The Hall–Kier alpha value is -0.940. The van der Waals surface area contributed by atoms with Crippen molar-refractivity contribution < 1.29 is 4.79 Å². The van der Waals surface area contributed by atoms with Crippen molar-refractivity contribution in [2.45, 2.75) is 59.0 Å². The van der Waals surface area contributed by atoms with Crippen LogP contribution in [0, 0.1) is 0 Å². The topological polar surface area (TPSA) is 81.7 Å². The van der Waals surface area contributed by atoms with Crippen LogP contribution in [0.4, 0.5) is 0 Å². The number of carbonyl (C=O) groups is 1. The van der Waals surface area contributed by atoms with E-state index in [1.54, 1.807) is 11.3 Å². The lowest BCUT2D eigenvalue weighted by atomic mass is 10.1. The zero-order chi connectivity index (χ0) is 19.5. The summed E-state index contributed by atoms with van der Waals surface area (Å²) >= 11 is 1.70. The zero-order valence-corrected chi connectivity index (χ0v) is 20.4. The average molecular weight is 523 g/mol. The van der Waals surface area contributed by atoms with E-state index in [4.69, 9.17) is 0 Å². The van der Waals surface area contributed by atoms with Crippen molar-refractivity contribution in [3.63, 3.8) is 0 Å². The minimum Gasteiger partial charge on any atom is -0.357 e. The van der Waals surface area contributed by atoms with Gasteiger partial charge in [-0.25, -0.2) is 9.98 Å². The number of aromatic nitrogens is 1. The summed E-state index contributed by atoms with van der Waals surface area (Å²) in [6.07, 6.45) is 3.98. The lowest BCUT2D eigenvalue weighted by Crippen LogP contribution is -2.50. The fourth-order valence-corrected chi connectivity index (χ4v) is 3.75. The van der Waals surface area contributed by atoms with Crippen molar-refractivity contribution in [1.29, 1.82) is 0 Å². The summed E-state index contributed by atoms with van der Waals surface area (Å²) in [5.74, 6) is 0.982. The summed E-state index contributed by atoms with van der Waals surface area (Å²) < 4.78 is 0. The first-order valence-corrected chi connectivity index (χ1v) is 11.0. The maximum atomic E-state index is 11.9. The predicted molar refractivity (Wildman–Crippen MR) is 128 cm³/mol. The average Bonchev–Trinajstić information content (AvgIpc) is 3.14. The number of aryl methyl sites for hydroxylation is 1. The Morgan fingerprint density at radius 2 is 2.04 bits per heavy atom. The fraction of sp³-hybridized carbons (Fsp3) is 0.737. The van der Waals surface area contributed by atoms with E-state index in [9.17, 15) is 4.79 Å². The molecule has 1 saturated heterocycles. The number of guanidine groups is 1. The van der Waals surface area contributed by atoms with Crippen LogP contribution < -0.4 is 16.0 Å². The fourth-order valence-electron chi connectivity index (χ4n) is 3.02. The number of piperidine rings is 1. The summed E-state index contributed by atoms with van der Waals surface area (Å²) in [4.78, 5) is 23.4. The number of rotatable bonds is 9. The quantitative estimate of drug-likeness (QED) is 0.264. The number of hydrogen-bond acceptors (Lipinski definition) is 5. The van der Waals surface area contributed by atoms with Gasteiger partial charge in [0.05, 0.1) is 23.8 Å². The summed E-state index contributed by atoms with van der Waals surface area (Å²) in [5, 5.41) is 13.1. The van der Waals surface area contributed by atoms with Crippen LogP contribution in [0.5, 0.6) is 0 Å². The van der Waals surface area contributed by atoms with Crippen LogP contribution in [-0.2, 0) is 17.8 Å². The molecule has 1 aliphatic heterocycles. The zero-order valence-electron chi connectivity index (χ0n) is 17.3. The third-order valence-electron chi connectivity index (χ3n) is 4.51. The molecule has 2 heterocycles. The van der Waals surface area contributed by atoms with Crippen molar-refractivity contribution in [2.75, 3.05) is 32.7 Å². The van der Waals surface area contributed by atoms with Gasteiger partial charge in [0, 0.05) is 37.6 Å². The van der Waals surface area contributed by atoms with Gasteiger partial charge in [-0.05, 0) is 32.6 Å². The van der Waals surface area contributed by atoms with E-state index in [1.807, 2.05) is 0 Å². The molecule has 1 aromatic heterocycles. The molecule has 0 radical (unpaired) electrons.